The number of carbonyl (C=O) groups excluding carboxylic acids is 1. The van der Waals surface area contributed by atoms with E-state index in [1.165, 1.54) is 12.1 Å². The fourth-order valence-electron chi connectivity index (χ4n) is 1.88. The Hall–Kier alpha value is -1.58. The van der Waals surface area contributed by atoms with Gasteiger partial charge in [0.1, 0.15) is 5.82 Å². The quantitative estimate of drug-likeness (QED) is 0.718. The molecule has 0 saturated carbocycles. The lowest BCUT2D eigenvalue weighted by Gasteiger charge is -2.21. The van der Waals surface area contributed by atoms with Gasteiger partial charge < -0.3 is 9.80 Å². The van der Waals surface area contributed by atoms with Crippen LogP contribution in [0.4, 0.5) is 10.1 Å². The number of hydrogen-bond acceptors (Lipinski definition) is 2. The van der Waals surface area contributed by atoms with E-state index in [0.717, 1.165) is 25.2 Å². The topological polar surface area (TPSA) is 23.6 Å². The third-order valence-corrected chi connectivity index (χ3v) is 2.85. The molecule has 1 heterocycles. The van der Waals surface area contributed by atoms with E-state index in [9.17, 15) is 9.18 Å². The van der Waals surface area contributed by atoms with Gasteiger partial charge in [0.05, 0.1) is 6.54 Å². The van der Waals surface area contributed by atoms with Gasteiger partial charge in [0, 0.05) is 25.8 Å². The number of anilines is 1. The van der Waals surface area contributed by atoms with E-state index in [-0.39, 0.29) is 11.7 Å². The third-order valence-electron chi connectivity index (χ3n) is 2.85. The van der Waals surface area contributed by atoms with Gasteiger partial charge in [0.2, 0.25) is 5.91 Å². The summed E-state index contributed by atoms with van der Waals surface area (Å²) in [5.74, 6) is -0.177. The summed E-state index contributed by atoms with van der Waals surface area (Å²) < 4.78 is 13.1. The molecule has 1 amide bonds. The van der Waals surface area contributed by atoms with Gasteiger partial charge in [-0.25, -0.2) is 4.39 Å². The highest BCUT2D eigenvalue weighted by Gasteiger charge is 2.19. The van der Waals surface area contributed by atoms with Crippen LogP contribution in [0.2, 0.25) is 0 Å². The molecular formula is C12H15FN2O. The number of nitrogens with zero attached hydrogens (tertiary/aromatic N) is 2. The van der Waals surface area contributed by atoms with Crippen LogP contribution < -0.4 is 4.90 Å². The van der Waals surface area contributed by atoms with Crippen molar-refractivity contribution in [1.29, 1.82) is 0 Å². The molecule has 86 valence electrons. The van der Waals surface area contributed by atoms with E-state index in [4.69, 9.17) is 0 Å². The van der Waals surface area contributed by atoms with Crippen LogP contribution in [0.1, 0.15) is 6.42 Å². The summed E-state index contributed by atoms with van der Waals surface area (Å²) >= 11 is 0. The summed E-state index contributed by atoms with van der Waals surface area (Å²) in [6, 6.07) is 6.39. The van der Waals surface area contributed by atoms with E-state index < -0.39 is 0 Å². The van der Waals surface area contributed by atoms with Crippen molar-refractivity contribution in [2.24, 2.45) is 0 Å². The summed E-state index contributed by atoms with van der Waals surface area (Å²) in [5, 5.41) is 0. The maximum atomic E-state index is 13.1. The molecule has 0 radical (unpaired) electrons. The number of likely N-dealkylation sites (N-methyl/N-ethyl adjacent to an activating group) is 1. The second kappa shape index (κ2) is 4.51. The van der Waals surface area contributed by atoms with Crippen molar-refractivity contribution in [2.75, 3.05) is 31.6 Å². The molecule has 0 unspecified atom stereocenters. The number of rotatable bonds is 1. The third kappa shape index (κ3) is 2.32. The second-order valence-corrected chi connectivity index (χ2v) is 4.07. The molecule has 16 heavy (non-hydrogen) atoms. The summed E-state index contributed by atoms with van der Waals surface area (Å²) in [4.78, 5) is 15.3. The fourth-order valence-corrected chi connectivity index (χ4v) is 1.88. The van der Waals surface area contributed by atoms with Gasteiger partial charge in [0.15, 0.2) is 0 Å². The Morgan fingerprint density at radius 3 is 2.88 bits per heavy atom. The van der Waals surface area contributed by atoms with Crippen molar-refractivity contribution in [3.05, 3.63) is 30.1 Å². The first-order valence-electron chi connectivity index (χ1n) is 5.41. The van der Waals surface area contributed by atoms with Crippen molar-refractivity contribution >= 4 is 11.6 Å². The van der Waals surface area contributed by atoms with E-state index in [0.29, 0.717) is 6.54 Å². The van der Waals surface area contributed by atoms with Crippen molar-refractivity contribution in [3.8, 4) is 0 Å². The lowest BCUT2D eigenvalue weighted by atomic mass is 10.2. The van der Waals surface area contributed by atoms with Gasteiger partial charge in [0.25, 0.3) is 0 Å². The molecule has 0 aromatic heterocycles. The Morgan fingerprint density at radius 2 is 2.12 bits per heavy atom. The largest absolute Gasteiger partial charge is 0.362 e. The standard InChI is InChI=1S/C12H15FN2O/c1-14-6-3-7-15(9-12(14)16)11-5-2-4-10(13)8-11/h2,4-5,8H,3,6-7,9H2,1H3. The molecule has 1 aliphatic rings. The molecule has 4 heteroatoms. The van der Waals surface area contributed by atoms with E-state index in [1.807, 2.05) is 11.0 Å². The molecule has 1 aliphatic heterocycles. The van der Waals surface area contributed by atoms with Crippen molar-refractivity contribution in [3.63, 3.8) is 0 Å². The maximum Gasteiger partial charge on any atom is 0.241 e. The molecule has 0 bridgehead atoms. The van der Waals surface area contributed by atoms with Crippen molar-refractivity contribution < 1.29 is 9.18 Å². The molecule has 1 fully saturated rings. The predicted octanol–water partition coefficient (Wildman–Crippen LogP) is 1.49. The van der Waals surface area contributed by atoms with Crippen LogP contribution in [0, 0.1) is 5.82 Å². The summed E-state index contributed by atoms with van der Waals surface area (Å²) in [5.41, 5.74) is 0.781. The minimum Gasteiger partial charge on any atom is -0.362 e. The van der Waals surface area contributed by atoms with Crippen LogP contribution in [0.3, 0.4) is 0 Å². The molecule has 0 aliphatic carbocycles. The Balaban J connectivity index is 2.18. The molecule has 0 atom stereocenters. The summed E-state index contributed by atoms with van der Waals surface area (Å²) in [7, 11) is 1.80. The molecular weight excluding hydrogens is 207 g/mol. The van der Waals surface area contributed by atoms with E-state index in [1.54, 1.807) is 18.0 Å². The predicted molar refractivity (Wildman–Crippen MR) is 60.9 cm³/mol. The average Bonchev–Trinajstić information content (AvgIpc) is 2.42. The van der Waals surface area contributed by atoms with Gasteiger partial charge >= 0.3 is 0 Å². The lowest BCUT2D eigenvalue weighted by Crippen LogP contribution is -2.34. The van der Waals surface area contributed by atoms with Gasteiger partial charge in [-0.15, -0.1) is 0 Å². The first-order valence-corrected chi connectivity index (χ1v) is 5.41. The Bertz CT molecular complexity index is 394. The van der Waals surface area contributed by atoms with Crippen LogP contribution in [-0.4, -0.2) is 37.5 Å². The Morgan fingerprint density at radius 1 is 1.31 bits per heavy atom. The SMILES string of the molecule is CN1CCCN(c2cccc(F)c2)CC1=O. The highest BCUT2D eigenvalue weighted by molar-refractivity contribution is 5.81. The molecule has 3 nitrogen and oxygen atoms in total. The zero-order valence-corrected chi connectivity index (χ0v) is 9.32. The molecule has 1 saturated heterocycles. The van der Waals surface area contributed by atoms with Crippen LogP contribution in [0.15, 0.2) is 24.3 Å². The van der Waals surface area contributed by atoms with Crippen LogP contribution in [-0.2, 0) is 4.79 Å². The molecule has 0 N–H and O–H groups in total. The van der Waals surface area contributed by atoms with Gasteiger partial charge in [-0.05, 0) is 24.6 Å². The Labute approximate surface area is 94.5 Å². The highest BCUT2D eigenvalue weighted by atomic mass is 19.1. The van der Waals surface area contributed by atoms with E-state index in [2.05, 4.69) is 0 Å². The molecule has 2 rings (SSSR count). The number of benzene rings is 1. The van der Waals surface area contributed by atoms with Crippen molar-refractivity contribution in [1.82, 2.24) is 4.90 Å². The number of carbonyl (C=O) groups is 1. The minimum atomic E-state index is -0.262. The number of amides is 1. The molecule has 0 spiro atoms. The molecule has 1 aromatic carbocycles. The number of hydrogen-bond donors (Lipinski definition) is 0. The smallest absolute Gasteiger partial charge is 0.241 e. The summed E-state index contributed by atoms with van der Waals surface area (Å²) in [6.45, 7) is 1.89. The van der Waals surface area contributed by atoms with Crippen LogP contribution in [0.25, 0.3) is 0 Å². The minimum absolute atomic E-state index is 0.0850. The summed E-state index contributed by atoms with van der Waals surface area (Å²) in [6.07, 6.45) is 0.915. The second-order valence-electron chi connectivity index (χ2n) is 4.07. The number of halogens is 1. The molecule has 1 aromatic rings. The van der Waals surface area contributed by atoms with Gasteiger partial charge in [-0.2, -0.15) is 0 Å². The van der Waals surface area contributed by atoms with Crippen LogP contribution >= 0.6 is 0 Å². The Kier molecular flexibility index (Phi) is 3.08. The zero-order valence-electron chi connectivity index (χ0n) is 9.32. The monoisotopic (exact) mass is 222 g/mol. The van der Waals surface area contributed by atoms with Crippen molar-refractivity contribution in [2.45, 2.75) is 6.42 Å². The zero-order chi connectivity index (χ0) is 11.5. The van der Waals surface area contributed by atoms with Gasteiger partial charge in [-0.3, -0.25) is 4.79 Å². The highest BCUT2D eigenvalue weighted by Crippen LogP contribution is 2.17. The van der Waals surface area contributed by atoms with Crippen LogP contribution in [0.5, 0.6) is 0 Å². The lowest BCUT2D eigenvalue weighted by molar-refractivity contribution is -0.127. The van der Waals surface area contributed by atoms with E-state index >= 15 is 0 Å². The normalized spacial score (nSPS) is 17.5. The first kappa shape index (κ1) is 10.9. The fraction of sp³-hybridized carbons (Fsp3) is 0.417. The van der Waals surface area contributed by atoms with Gasteiger partial charge in [-0.1, -0.05) is 6.07 Å². The average molecular weight is 222 g/mol. The first-order chi connectivity index (χ1) is 7.66. The maximum absolute atomic E-state index is 13.1.